The van der Waals surface area contributed by atoms with Gasteiger partial charge in [0.05, 0.1) is 35.1 Å². The Bertz CT molecular complexity index is 952. The van der Waals surface area contributed by atoms with Crippen LogP contribution in [-0.2, 0) is 14.3 Å². The third kappa shape index (κ3) is 5.73. The molecule has 0 radical (unpaired) electrons. The van der Waals surface area contributed by atoms with Crippen molar-refractivity contribution in [3.05, 3.63) is 51.7 Å². The topological polar surface area (TPSA) is 102 Å². The first kappa shape index (κ1) is 23.5. The highest BCUT2D eigenvalue weighted by molar-refractivity contribution is 7.12. The Balaban J connectivity index is 1.75. The van der Waals surface area contributed by atoms with Gasteiger partial charge in [-0.1, -0.05) is 6.07 Å². The van der Waals surface area contributed by atoms with Crippen LogP contribution in [0.3, 0.4) is 0 Å². The second kappa shape index (κ2) is 10.9. The molecule has 0 bridgehead atoms. The average Bonchev–Trinajstić information content (AvgIpc) is 3.33. The van der Waals surface area contributed by atoms with Gasteiger partial charge in [-0.3, -0.25) is 9.59 Å². The summed E-state index contributed by atoms with van der Waals surface area (Å²) in [6, 6.07) is 7.91. The third-order valence-corrected chi connectivity index (χ3v) is 5.89. The van der Waals surface area contributed by atoms with Crippen molar-refractivity contribution in [2.45, 2.75) is 26.7 Å². The Kier molecular flexibility index (Phi) is 7.99. The van der Waals surface area contributed by atoms with E-state index < -0.39 is 17.9 Å². The number of hydrogen-bond donors (Lipinski definition) is 1. The van der Waals surface area contributed by atoms with Crippen LogP contribution in [-0.4, -0.2) is 55.0 Å². The van der Waals surface area contributed by atoms with Gasteiger partial charge in [0.25, 0.3) is 5.91 Å². The largest absolute Gasteiger partial charge is 0.462 e. The molecule has 1 fully saturated rings. The molecular weight excluding hydrogens is 432 g/mol. The van der Waals surface area contributed by atoms with Gasteiger partial charge in [-0.05, 0) is 56.3 Å². The smallest absolute Gasteiger partial charge is 0.338 e. The van der Waals surface area contributed by atoms with E-state index in [1.165, 1.54) is 29.5 Å². The van der Waals surface area contributed by atoms with Crippen LogP contribution in [0.1, 0.15) is 57.1 Å². The van der Waals surface area contributed by atoms with Gasteiger partial charge in [-0.15, -0.1) is 11.3 Å². The van der Waals surface area contributed by atoms with Crippen molar-refractivity contribution in [1.29, 1.82) is 0 Å². The fourth-order valence-corrected chi connectivity index (χ4v) is 4.23. The van der Waals surface area contributed by atoms with Crippen molar-refractivity contribution in [2.75, 3.05) is 31.6 Å². The monoisotopic (exact) mass is 458 g/mol. The van der Waals surface area contributed by atoms with Crippen LogP contribution in [0, 0.1) is 5.92 Å². The van der Waals surface area contributed by atoms with Crippen LogP contribution in [0.25, 0.3) is 0 Å². The zero-order chi connectivity index (χ0) is 23.1. The summed E-state index contributed by atoms with van der Waals surface area (Å²) in [7, 11) is 0. The number of amides is 2. The molecule has 1 aromatic heterocycles. The SMILES string of the molecule is CCOC(=O)c1cc(NC(=O)C2CCCN(C(=O)c3cccs3)C2)cc(C(=O)OCC)c1. The van der Waals surface area contributed by atoms with Crippen molar-refractivity contribution in [3.63, 3.8) is 0 Å². The van der Waals surface area contributed by atoms with Gasteiger partial charge in [0.15, 0.2) is 0 Å². The molecule has 2 aromatic rings. The minimum Gasteiger partial charge on any atom is -0.462 e. The third-order valence-electron chi connectivity index (χ3n) is 5.03. The normalized spacial score (nSPS) is 15.7. The summed E-state index contributed by atoms with van der Waals surface area (Å²) < 4.78 is 10.1. The lowest BCUT2D eigenvalue weighted by Gasteiger charge is -2.31. The van der Waals surface area contributed by atoms with Crippen molar-refractivity contribution in [3.8, 4) is 0 Å². The van der Waals surface area contributed by atoms with E-state index in [4.69, 9.17) is 9.47 Å². The average molecular weight is 459 g/mol. The summed E-state index contributed by atoms with van der Waals surface area (Å²) in [5, 5.41) is 4.64. The maximum Gasteiger partial charge on any atom is 0.338 e. The standard InChI is InChI=1S/C23H26N2O6S/c1-3-30-22(28)16-11-17(23(29)31-4-2)13-18(12-16)24-20(26)15-7-5-9-25(14-15)21(27)19-8-6-10-32-19/h6,8,10-13,15H,3-5,7,9,14H2,1-2H3,(H,24,26). The first-order chi connectivity index (χ1) is 15.4. The molecule has 8 nitrogen and oxygen atoms in total. The highest BCUT2D eigenvalue weighted by Gasteiger charge is 2.29. The number of likely N-dealkylation sites (tertiary alicyclic amines) is 1. The van der Waals surface area contributed by atoms with E-state index in [0.29, 0.717) is 36.5 Å². The summed E-state index contributed by atoms with van der Waals surface area (Å²) in [4.78, 5) is 52.4. The fourth-order valence-electron chi connectivity index (χ4n) is 3.54. The first-order valence-electron chi connectivity index (χ1n) is 10.6. The quantitative estimate of drug-likeness (QED) is 0.636. The van der Waals surface area contributed by atoms with Crippen LogP contribution in [0.2, 0.25) is 0 Å². The van der Waals surface area contributed by atoms with Gasteiger partial charge in [-0.2, -0.15) is 0 Å². The van der Waals surface area contributed by atoms with Crippen molar-refractivity contribution in [1.82, 2.24) is 4.90 Å². The lowest BCUT2D eigenvalue weighted by atomic mass is 9.96. The minimum atomic E-state index is -0.598. The Morgan fingerprint density at radius 2 is 1.72 bits per heavy atom. The van der Waals surface area contributed by atoms with Gasteiger partial charge in [-0.25, -0.2) is 9.59 Å². The predicted octanol–water partition coefficient (Wildman–Crippen LogP) is 3.59. The Labute approximate surface area is 190 Å². The zero-order valence-electron chi connectivity index (χ0n) is 18.1. The maximum absolute atomic E-state index is 13.0. The molecule has 1 aromatic carbocycles. The molecule has 32 heavy (non-hydrogen) atoms. The Morgan fingerprint density at radius 3 is 2.28 bits per heavy atom. The van der Waals surface area contributed by atoms with Gasteiger partial charge in [0, 0.05) is 18.8 Å². The molecule has 2 heterocycles. The zero-order valence-corrected chi connectivity index (χ0v) is 18.9. The minimum absolute atomic E-state index is 0.0774. The highest BCUT2D eigenvalue weighted by Crippen LogP contribution is 2.23. The number of carbonyl (C=O) groups excluding carboxylic acids is 4. The van der Waals surface area contributed by atoms with Crippen LogP contribution >= 0.6 is 11.3 Å². The number of nitrogens with zero attached hydrogens (tertiary/aromatic N) is 1. The number of anilines is 1. The van der Waals surface area contributed by atoms with E-state index >= 15 is 0 Å². The molecule has 1 saturated heterocycles. The number of piperidine rings is 1. The van der Waals surface area contributed by atoms with Gasteiger partial charge >= 0.3 is 11.9 Å². The molecular formula is C23H26N2O6S. The van der Waals surface area contributed by atoms with Gasteiger partial charge < -0.3 is 19.7 Å². The number of benzene rings is 1. The van der Waals surface area contributed by atoms with Crippen LogP contribution < -0.4 is 5.32 Å². The highest BCUT2D eigenvalue weighted by atomic mass is 32.1. The molecule has 1 aliphatic rings. The Hall–Kier alpha value is -3.20. The summed E-state index contributed by atoms with van der Waals surface area (Å²) in [5.41, 5.74) is 0.585. The number of nitrogens with one attached hydrogen (secondary N) is 1. The Morgan fingerprint density at radius 1 is 1.06 bits per heavy atom. The second-order valence-electron chi connectivity index (χ2n) is 7.30. The molecule has 0 spiro atoms. The van der Waals surface area contributed by atoms with Crippen LogP contribution in [0.5, 0.6) is 0 Å². The van der Waals surface area contributed by atoms with Crippen molar-refractivity contribution >= 4 is 40.8 Å². The molecule has 1 N–H and O–H groups in total. The fraction of sp³-hybridized carbons (Fsp3) is 0.391. The van der Waals surface area contributed by atoms with E-state index in [1.54, 1.807) is 24.8 Å². The summed E-state index contributed by atoms with van der Waals surface area (Å²) in [6.07, 6.45) is 1.36. The van der Waals surface area contributed by atoms with Crippen molar-refractivity contribution in [2.24, 2.45) is 5.92 Å². The van der Waals surface area contributed by atoms with Crippen LogP contribution in [0.4, 0.5) is 5.69 Å². The van der Waals surface area contributed by atoms with Gasteiger partial charge in [0.1, 0.15) is 0 Å². The van der Waals surface area contributed by atoms with E-state index in [9.17, 15) is 19.2 Å². The van der Waals surface area contributed by atoms with Gasteiger partial charge in [0.2, 0.25) is 5.91 Å². The molecule has 1 atom stereocenters. The molecule has 3 rings (SSSR count). The number of hydrogen-bond acceptors (Lipinski definition) is 7. The number of esters is 2. The van der Waals surface area contributed by atoms with Crippen molar-refractivity contribution < 1.29 is 28.7 Å². The van der Waals surface area contributed by atoms with E-state index in [1.807, 2.05) is 11.4 Å². The molecule has 1 aliphatic heterocycles. The molecule has 2 amide bonds. The first-order valence-corrected chi connectivity index (χ1v) is 11.4. The number of ether oxygens (including phenoxy) is 2. The molecule has 0 saturated carbocycles. The molecule has 0 aliphatic carbocycles. The molecule has 9 heteroatoms. The number of rotatable bonds is 7. The lowest BCUT2D eigenvalue weighted by molar-refractivity contribution is -0.121. The van der Waals surface area contributed by atoms with Crippen LogP contribution in [0.15, 0.2) is 35.7 Å². The lowest BCUT2D eigenvalue weighted by Crippen LogP contribution is -2.43. The summed E-state index contributed by atoms with van der Waals surface area (Å²) in [6.45, 7) is 4.64. The predicted molar refractivity (Wildman–Crippen MR) is 120 cm³/mol. The second-order valence-corrected chi connectivity index (χ2v) is 8.24. The van der Waals surface area contributed by atoms with E-state index in [0.717, 1.165) is 0 Å². The number of thiophene rings is 1. The maximum atomic E-state index is 13.0. The van der Waals surface area contributed by atoms with E-state index in [2.05, 4.69) is 5.32 Å². The summed E-state index contributed by atoms with van der Waals surface area (Å²) in [5.74, 6) is -1.94. The summed E-state index contributed by atoms with van der Waals surface area (Å²) >= 11 is 1.37. The molecule has 1 unspecified atom stereocenters. The van der Waals surface area contributed by atoms with E-state index in [-0.39, 0.29) is 36.2 Å². The molecule has 170 valence electrons. The number of carbonyl (C=O) groups is 4.